The molecule has 1 aromatic carbocycles. The van der Waals surface area contributed by atoms with Gasteiger partial charge in [-0.1, -0.05) is 41.0 Å². The second-order valence-electron chi connectivity index (χ2n) is 4.09. The first-order valence-electron chi connectivity index (χ1n) is 5.87. The van der Waals surface area contributed by atoms with Gasteiger partial charge in [-0.2, -0.15) is 0 Å². The SMILES string of the molecule is CNC(C)c1ccc(Sc2ncccc2Cl)cc1Cl. The highest BCUT2D eigenvalue weighted by molar-refractivity contribution is 7.99. The summed E-state index contributed by atoms with van der Waals surface area (Å²) in [4.78, 5) is 5.28. The lowest BCUT2D eigenvalue weighted by Crippen LogP contribution is -2.12. The van der Waals surface area contributed by atoms with Crippen LogP contribution in [0, 0.1) is 0 Å². The third kappa shape index (κ3) is 3.63. The maximum Gasteiger partial charge on any atom is 0.119 e. The van der Waals surface area contributed by atoms with Gasteiger partial charge >= 0.3 is 0 Å². The van der Waals surface area contributed by atoms with Crippen LogP contribution in [0.3, 0.4) is 0 Å². The molecule has 1 atom stereocenters. The molecule has 0 saturated carbocycles. The van der Waals surface area contributed by atoms with Gasteiger partial charge < -0.3 is 5.32 Å². The van der Waals surface area contributed by atoms with Crippen LogP contribution >= 0.6 is 35.0 Å². The molecule has 0 fully saturated rings. The molecule has 1 unspecified atom stereocenters. The minimum absolute atomic E-state index is 0.227. The molecule has 2 rings (SSSR count). The second kappa shape index (κ2) is 6.62. The van der Waals surface area contributed by atoms with E-state index >= 15 is 0 Å². The van der Waals surface area contributed by atoms with Crippen LogP contribution in [-0.4, -0.2) is 12.0 Å². The monoisotopic (exact) mass is 312 g/mol. The van der Waals surface area contributed by atoms with Crippen molar-refractivity contribution in [2.75, 3.05) is 7.05 Å². The topological polar surface area (TPSA) is 24.9 Å². The molecule has 2 aromatic rings. The van der Waals surface area contributed by atoms with Gasteiger partial charge in [-0.3, -0.25) is 0 Å². The van der Waals surface area contributed by atoms with Crippen molar-refractivity contribution in [2.24, 2.45) is 0 Å². The highest BCUT2D eigenvalue weighted by Gasteiger charge is 2.10. The number of pyridine rings is 1. The summed E-state index contributed by atoms with van der Waals surface area (Å²) in [7, 11) is 1.91. The molecule has 2 nitrogen and oxygen atoms in total. The summed E-state index contributed by atoms with van der Waals surface area (Å²) in [5.74, 6) is 0. The van der Waals surface area contributed by atoms with Crippen molar-refractivity contribution >= 4 is 35.0 Å². The summed E-state index contributed by atoms with van der Waals surface area (Å²) >= 11 is 13.9. The number of hydrogen-bond donors (Lipinski definition) is 1. The molecule has 0 aliphatic carbocycles. The van der Waals surface area contributed by atoms with Crippen LogP contribution in [-0.2, 0) is 0 Å². The van der Waals surface area contributed by atoms with Gasteiger partial charge in [-0.25, -0.2) is 4.98 Å². The summed E-state index contributed by atoms with van der Waals surface area (Å²) in [5.41, 5.74) is 1.08. The molecule has 100 valence electrons. The molecule has 19 heavy (non-hydrogen) atoms. The van der Waals surface area contributed by atoms with Crippen molar-refractivity contribution < 1.29 is 0 Å². The molecule has 0 aliphatic heterocycles. The van der Waals surface area contributed by atoms with E-state index in [9.17, 15) is 0 Å². The Kier molecular flexibility index (Phi) is 5.11. The number of nitrogens with zero attached hydrogens (tertiary/aromatic N) is 1. The van der Waals surface area contributed by atoms with Gasteiger partial charge in [-0.15, -0.1) is 0 Å². The first-order valence-corrected chi connectivity index (χ1v) is 7.44. The number of nitrogens with one attached hydrogen (secondary N) is 1. The Morgan fingerprint density at radius 3 is 2.63 bits per heavy atom. The van der Waals surface area contributed by atoms with E-state index in [2.05, 4.69) is 17.2 Å². The van der Waals surface area contributed by atoms with E-state index in [-0.39, 0.29) is 6.04 Å². The van der Waals surface area contributed by atoms with E-state index in [1.807, 2.05) is 37.4 Å². The maximum absolute atomic E-state index is 6.30. The van der Waals surface area contributed by atoms with Gasteiger partial charge in [0.15, 0.2) is 0 Å². The lowest BCUT2D eigenvalue weighted by Gasteiger charge is -2.13. The minimum Gasteiger partial charge on any atom is -0.313 e. The van der Waals surface area contributed by atoms with E-state index in [0.29, 0.717) is 5.02 Å². The van der Waals surface area contributed by atoms with Crippen LogP contribution in [0.4, 0.5) is 0 Å². The fourth-order valence-corrected chi connectivity index (χ4v) is 3.10. The fraction of sp³-hybridized carbons (Fsp3) is 0.214. The minimum atomic E-state index is 0.227. The summed E-state index contributed by atoms with van der Waals surface area (Å²) in [5, 5.41) is 5.36. The number of hydrogen-bond acceptors (Lipinski definition) is 3. The lowest BCUT2D eigenvalue weighted by atomic mass is 10.1. The van der Waals surface area contributed by atoms with E-state index in [1.165, 1.54) is 11.8 Å². The average molecular weight is 313 g/mol. The van der Waals surface area contributed by atoms with Gasteiger partial charge in [0.2, 0.25) is 0 Å². The van der Waals surface area contributed by atoms with Crippen molar-refractivity contribution in [1.82, 2.24) is 10.3 Å². The predicted octanol–water partition coefficient (Wildman–Crippen LogP) is 4.82. The molecule has 0 spiro atoms. The summed E-state index contributed by atoms with van der Waals surface area (Å²) in [6.07, 6.45) is 1.73. The van der Waals surface area contributed by atoms with Crippen molar-refractivity contribution in [2.45, 2.75) is 22.9 Å². The third-order valence-corrected chi connectivity index (χ3v) is 4.56. The van der Waals surface area contributed by atoms with Crippen LogP contribution in [0.2, 0.25) is 10.0 Å². The van der Waals surface area contributed by atoms with Crippen molar-refractivity contribution in [1.29, 1.82) is 0 Å². The molecule has 0 bridgehead atoms. The number of benzene rings is 1. The zero-order chi connectivity index (χ0) is 13.8. The van der Waals surface area contributed by atoms with Crippen LogP contribution in [0.5, 0.6) is 0 Å². The molecule has 0 saturated heterocycles. The summed E-state index contributed by atoms with van der Waals surface area (Å²) in [6.45, 7) is 2.07. The third-order valence-electron chi connectivity index (χ3n) is 2.81. The number of halogens is 2. The molecular formula is C14H14Cl2N2S. The molecule has 1 N–H and O–H groups in total. The molecule has 5 heteroatoms. The maximum atomic E-state index is 6.30. The first kappa shape index (κ1) is 14.7. The zero-order valence-corrected chi connectivity index (χ0v) is 13.0. The number of aromatic nitrogens is 1. The Balaban J connectivity index is 2.24. The normalized spacial score (nSPS) is 12.4. The Labute approximate surface area is 127 Å². The van der Waals surface area contributed by atoms with Gasteiger partial charge in [0.1, 0.15) is 5.03 Å². The quantitative estimate of drug-likeness (QED) is 0.876. The van der Waals surface area contributed by atoms with E-state index in [1.54, 1.807) is 6.20 Å². The van der Waals surface area contributed by atoms with Crippen LogP contribution in [0.1, 0.15) is 18.5 Å². The van der Waals surface area contributed by atoms with Gasteiger partial charge in [-0.05, 0) is 43.8 Å². The van der Waals surface area contributed by atoms with E-state index in [0.717, 1.165) is 20.5 Å². The highest BCUT2D eigenvalue weighted by Crippen LogP contribution is 2.34. The standard InChI is InChI=1S/C14H14Cl2N2S/c1-9(17-2)11-6-5-10(8-13(11)16)19-14-12(15)4-3-7-18-14/h3-9,17H,1-2H3. The van der Waals surface area contributed by atoms with Crippen molar-refractivity contribution in [3.63, 3.8) is 0 Å². The fourth-order valence-electron chi connectivity index (χ4n) is 1.64. The Morgan fingerprint density at radius 1 is 1.21 bits per heavy atom. The Hall–Kier alpha value is -0.740. The first-order chi connectivity index (χ1) is 9.11. The Bertz CT molecular complexity index is 575. The number of rotatable bonds is 4. The van der Waals surface area contributed by atoms with Crippen LogP contribution < -0.4 is 5.32 Å². The van der Waals surface area contributed by atoms with Gasteiger partial charge in [0.05, 0.1) is 5.02 Å². The molecule has 1 aromatic heterocycles. The summed E-state index contributed by atoms with van der Waals surface area (Å²) in [6, 6.07) is 9.88. The van der Waals surface area contributed by atoms with Crippen LogP contribution in [0.25, 0.3) is 0 Å². The second-order valence-corrected chi connectivity index (χ2v) is 5.96. The largest absolute Gasteiger partial charge is 0.313 e. The smallest absolute Gasteiger partial charge is 0.119 e. The van der Waals surface area contributed by atoms with Gasteiger partial charge in [0.25, 0.3) is 0 Å². The molecule has 0 amide bonds. The molecule has 0 aliphatic rings. The van der Waals surface area contributed by atoms with Crippen LogP contribution in [0.15, 0.2) is 46.5 Å². The molecule has 1 heterocycles. The molecular weight excluding hydrogens is 299 g/mol. The molecule has 0 radical (unpaired) electrons. The Morgan fingerprint density at radius 2 is 2.00 bits per heavy atom. The van der Waals surface area contributed by atoms with E-state index in [4.69, 9.17) is 23.2 Å². The van der Waals surface area contributed by atoms with E-state index < -0.39 is 0 Å². The van der Waals surface area contributed by atoms with Crippen molar-refractivity contribution in [3.05, 3.63) is 52.1 Å². The average Bonchev–Trinajstić information content (AvgIpc) is 2.41. The van der Waals surface area contributed by atoms with Gasteiger partial charge in [0, 0.05) is 22.2 Å². The predicted molar refractivity (Wildman–Crippen MR) is 82.3 cm³/mol. The zero-order valence-electron chi connectivity index (χ0n) is 10.7. The highest BCUT2D eigenvalue weighted by atomic mass is 35.5. The van der Waals surface area contributed by atoms with Crippen molar-refractivity contribution in [3.8, 4) is 0 Å². The lowest BCUT2D eigenvalue weighted by molar-refractivity contribution is 0.652. The summed E-state index contributed by atoms with van der Waals surface area (Å²) < 4.78 is 0.